The molecule has 0 aromatic heterocycles. The van der Waals surface area contributed by atoms with E-state index < -0.39 is 5.60 Å². The Hall–Kier alpha value is -0.300. The molecule has 16 heavy (non-hydrogen) atoms. The molecule has 5 unspecified atom stereocenters. The third-order valence-corrected chi connectivity index (χ3v) is 4.74. The van der Waals surface area contributed by atoms with Crippen LogP contribution in [-0.4, -0.2) is 10.7 Å². The Morgan fingerprint density at radius 2 is 1.94 bits per heavy atom. The first-order chi connectivity index (χ1) is 7.39. The Balaban J connectivity index is 2.26. The third-order valence-electron chi connectivity index (χ3n) is 4.74. The molecule has 2 aliphatic rings. The lowest BCUT2D eigenvalue weighted by molar-refractivity contribution is -0.0458. The van der Waals surface area contributed by atoms with Gasteiger partial charge in [0.1, 0.15) is 0 Å². The van der Waals surface area contributed by atoms with Gasteiger partial charge >= 0.3 is 0 Å². The van der Waals surface area contributed by atoms with Crippen LogP contribution < -0.4 is 0 Å². The maximum Gasteiger partial charge on any atom is 0.0628 e. The van der Waals surface area contributed by atoms with Crippen molar-refractivity contribution in [2.24, 2.45) is 23.7 Å². The van der Waals surface area contributed by atoms with Crippen LogP contribution in [0.2, 0.25) is 0 Å². The lowest BCUT2D eigenvalue weighted by Crippen LogP contribution is -2.42. The van der Waals surface area contributed by atoms with Crippen LogP contribution in [0.25, 0.3) is 0 Å². The summed E-state index contributed by atoms with van der Waals surface area (Å²) in [5.41, 5.74) is 1.09. The minimum Gasteiger partial charge on any atom is -0.390 e. The number of allylic oxidation sites excluding steroid dienone is 2. The number of hydrogen-bond acceptors (Lipinski definition) is 1. The van der Waals surface area contributed by atoms with E-state index in [0.717, 1.165) is 24.7 Å². The summed E-state index contributed by atoms with van der Waals surface area (Å²) in [5.74, 6) is 2.87. The van der Waals surface area contributed by atoms with Crippen LogP contribution in [0.15, 0.2) is 11.6 Å². The molecule has 0 bridgehead atoms. The fourth-order valence-electron chi connectivity index (χ4n) is 4.23. The van der Waals surface area contributed by atoms with E-state index in [0.29, 0.717) is 11.8 Å². The Labute approximate surface area is 99.9 Å². The molecule has 0 aromatic carbocycles. The van der Waals surface area contributed by atoms with Gasteiger partial charge < -0.3 is 5.11 Å². The molecule has 0 saturated heterocycles. The summed E-state index contributed by atoms with van der Waals surface area (Å²) >= 11 is 0. The molecule has 2 aliphatic carbocycles. The topological polar surface area (TPSA) is 20.2 Å². The van der Waals surface area contributed by atoms with Crippen molar-refractivity contribution < 1.29 is 5.11 Å². The fourth-order valence-corrected chi connectivity index (χ4v) is 4.23. The van der Waals surface area contributed by atoms with Crippen LogP contribution in [0.5, 0.6) is 0 Å². The van der Waals surface area contributed by atoms with Crippen molar-refractivity contribution in [3.63, 3.8) is 0 Å². The fraction of sp³-hybridized carbons (Fsp3) is 0.867. The van der Waals surface area contributed by atoms with Crippen LogP contribution in [0.3, 0.4) is 0 Å². The number of fused-ring (bicyclic) bond motifs is 1. The van der Waals surface area contributed by atoms with Gasteiger partial charge in [-0.05, 0) is 63.2 Å². The zero-order chi connectivity index (χ0) is 11.9. The first kappa shape index (κ1) is 12.2. The lowest BCUT2D eigenvalue weighted by Gasteiger charge is -2.45. The molecular formula is C15H26O. The predicted octanol–water partition coefficient (Wildman–Crippen LogP) is 3.78. The van der Waals surface area contributed by atoms with E-state index in [4.69, 9.17) is 0 Å². The highest BCUT2D eigenvalue weighted by Crippen LogP contribution is 2.47. The van der Waals surface area contributed by atoms with Gasteiger partial charge in [0.15, 0.2) is 0 Å². The van der Waals surface area contributed by atoms with E-state index in [9.17, 15) is 5.11 Å². The maximum atomic E-state index is 10.3. The molecule has 1 saturated carbocycles. The van der Waals surface area contributed by atoms with E-state index in [2.05, 4.69) is 26.8 Å². The molecule has 1 fully saturated rings. The monoisotopic (exact) mass is 222 g/mol. The standard InChI is InChI=1S/C15H26O/c1-10-5-6-11(2)14-12(3)8-15(4,16)9-13(14)7-10/h7,11-14,16H,5-6,8-9H2,1-4H3. The van der Waals surface area contributed by atoms with Gasteiger partial charge in [0.25, 0.3) is 0 Å². The van der Waals surface area contributed by atoms with Gasteiger partial charge in [-0.3, -0.25) is 0 Å². The third kappa shape index (κ3) is 2.34. The van der Waals surface area contributed by atoms with Crippen LogP contribution in [0.4, 0.5) is 0 Å². The molecular weight excluding hydrogens is 196 g/mol. The molecule has 1 nitrogen and oxygen atoms in total. The van der Waals surface area contributed by atoms with Crippen molar-refractivity contribution in [3.8, 4) is 0 Å². The minimum absolute atomic E-state index is 0.443. The average molecular weight is 222 g/mol. The second-order valence-corrected chi connectivity index (χ2v) is 6.65. The van der Waals surface area contributed by atoms with E-state index in [1.807, 2.05) is 6.92 Å². The summed E-state index contributed by atoms with van der Waals surface area (Å²) in [6.07, 6.45) is 6.98. The van der Waals surface area contributed by atoms with Gasteiger partial charge in [-0.1, -0.05) is 25.5 Å². The van der Waals surface area contributed by atoms with E-state index in [1.165, 1.54) is 18.4 Å². The highest BCUT2D eigenvalue weighted by Gasteiger charge is 2.42. The van der Waals surface area contributed by atoms with Crippen molar-refractivity contribution in [1.82, 2.24) is 0 Å². The first-order valence-electron chi connectivity index (χ1n) is 6.79. The zero-order valence-electron chi connectivity index (χ0n) is 11.2. The molecule has 5 atom stereocenters. The molecule has 0 amide bonds. The molecule has 0 heterocycles. The van der Waals surface area contributed by atoms with E-state index in [-0.39, 0.29) is 0 Å². The van der Waals surface area contributed by atoms with Crippen molar-refractivity contribution in [2.45, 2.75) is 59.0 Å². The first-order valence-corrected chi connectivity index (χ1v) is 6.79. The molecule has 2 rings (SSSR count). The van der Waals surface area contributed by atoms with Crippen LogP contribution in [-0.2, 0) is 0 Å². The van der Waals surface area contributed by atoms with E-state index >= 15 is 0 Å². The summed E-state index contributed by atoms with van der Waals surface area (Å²) in [4.78, 5) is 0. The zero-order valence-corrected chi connectivity index (χ0v) is 11.2. The van der Waals surface area contributed by atoms with Crippen molar-refractivity contribution >= 4 is 0 Å². The quantitative estimate of drug-likeness (QED) is 0.618. The lowest BCUT2D eigenvalue weighted by atomic mass is 9.63. The maximum absolute atomic E-state index is 10.3. The Bertz CT molecular complexity index is 290. The number of hydrogen-bond donors (Lipinski definition) is 1. The van der Waals surface area contributed by atoms with Gasteiger partial charge in [0.05, 0.1) is 5.60 Å². The van der Waals surface area contributed by atoms with Crippen molar-refractivity contribution in [2.75, 3.05) is 0 Å². The normalized spacial score (nSPS) is 49.2. The van der Waals surface area contributed by atoms with Crippen LogP contribution in [0.1, 0.15) is 53.4 Å². The highest BCUT2D eigenvalue weighted by atomic mass is 16.3. The highest BCUT2D eigenvalue weighted by molar-refractivity contribution is 5.10. The SMILES string of the molecule is CC1=CC2CC(C)(O)CC(C)C2C(C)CC1. The van der Waals surface area contributed by atoms with E-state index in [1.54, 1.807) is 0 Å². The summed E-state index contributed by atoms with van der Waals surface area (Å²) in [7, 11) is 0. The Morgan fingerprint density at radius 3 is 2.62 bits per heavy atom. The summed E-state index contributed by atoms with van der Waals surface area (Å²) in [6, 6.07) is 0. The molecule has 0 radical (unpaired) electrons. The molecule has 0 aliphatic heterocycles. The Morgan fingerprint density at radius 1 is 1.25 bits per heavy atom. The predicted molar refractivity (Wildman–Crippen MR) is 68.2 cm³/mol. The molecule has 1 N–H and O–H groups in total. The Kier molecular flexibility index (Phi) is 3.18. The van der Waals surface area contributed by atoms with Crippen molar-refractivity contribution in [1.29, 1.82) is 0 Å². The molecule has 1 heteroatoms. The van der Waals surface area contributed by atoms with Gasteiger partial charge in [0, 0.05) is 0 Å². The largest absolute Gasteiger partial charge is 0.390 e. The van der Waals surface area contributed by atoms with Gasteiger partial charge in [-0.2, -0.15) is 0 Å². The summed E-state index contributed by atoms with van der Waals surface area (Å²) in [5, 5.41) is 10.3. The summed E-state index contributed by atoms with van der Waals surface area (Å²) < 4.78 is 0. The van der Waals surface area contributed by atoms with Gasteiger partial charge in [0.2, 0.25) is 0 Å². The van der Waals surface area contributed by atoms with Crippen molar-refractivity contribution in [3.05, 3.63) is 11.6 Å². The van der Waals surface area contributed by atoms with Gasteiger partial charge in [-0.15, -0.1) is 0 Å². The number of rotatable bonds is 0. The van der Waals surface area contributed by atoms with Crippen LogP contribution in [0, 0.1) is 23.7 Å². The van der Waals surface area contributed by atoms with Crippen LogP contribution >= 0.6 is 0 Å². The molecule has 0 aromatic rings. The smallest absolute Gasteiger partial charge is 0.0628 e. The molecule has 92 valence electrons. The second kappa shape index (κ2) is 4.18. The average Bonchev–Trinajstić information content (AvgIpc) is 2.23. The van der Waals surface area contributed by atoms with Gasteiger partial charge in [-0.25, -0.2) is 0 Å². The number of aliphatic hydroxyl groups is 1. The second-order valence-electron chi connectivity index (χ2n) is 6.65. The summed E-state index contributed by atoms with van der Waals surface area (Å²) in [6.45, 7) is 9.00. The minimum atomic E-state index is -0.443. The molecule has 0 spiro atoms.